The lowest BCUT2D eigenvalue weighted by atomic mass is 10.2. The van der Waals surface area contributed by atoms with Crippen molar-refractivity contribution in [1.82, 2.24) is 9.55 Å². The Morgan fingerprint density at radius 1 is 1.44 bits per heavy atom. The van der Waals surface area contributed by atoms with E-state index in [1.165, 1.54) is 0 Å². The molecule has 16 heavy (non-hydrogen) atoms. The first-order valence-electron chi connectivity index (χ1n) is 5.05. The third-order valence-corrected chi connectivity index (χ3v) is 2.52. The van der Waals surface area contributed by atoms with E-state index in [1.54, 1.807) is 22.8 Å². The Kier molecular flexibility index (Phi) is 2.30. The lowest BCUT2D eigenvalue weighted by Gasteiger charge is -2.06. The van der Waals surface area contributed by atoms with E-state index in [9.17, 15) is 9.59 Å². The van der Waals surface area contributed by atoms with E-state index in [4.69, 9.17) is 5.73 Å². The highest BCUT2D eigenvalue weighted by Crippen LogP contribution is 2.16. The van der Waals surface area contributed by atoms with Crippen LogP contribution in [-0.2, 0) is 0 Å². The number of benzene rings is 1. The molecule has 5 nitrogen and oxygen atoms in total. The first-order chi connectivity index (χ1) is 7.50. The molecule has 0 aliphatic carbocycles. The Morgan fingerprint density at radius 3 is 2.69 bits per heavy atom. The Bertz CT molecular complexity index is 607. The predicted octanol–water partition coefficient (Wildman–Crippen LogP) is 1.01. The minimum absolute atomic E-state index is 0.0318. The van der Waals surface area contributed by atoms with Gasteiger partial charge in [-0.2, -0.15) is 0 Å². The lowest BCUT2D eigenvalue weighted by Crippen LogP contribution is -2.18. The van der Waals surface area contributed by atoms with Gasteiger partial charge >= 0.3 is 5.69 Å². The van der Waals surface area contributed by atoms with Gasteiger partial charge in [0.25, 0.3) is 0 Å². The first-order valence-corrected chi connectivity index (χ1v) is 5.05. The van der Waals surface area contributed by atoms with Gasteiger partial charge in [-0.1, -0.05) is 0 Å². The average Bonchev–Trinajstić information content (AvgIpc) is 2.51. The maximum Gasteiger partial charge on any atom is 0.326 e. The summed E-state index contributed by atoms with van der Waals surface area (Å²) in [5.74, 6) is -0.495. The number of nitrogens with two attached hydrogens (primary N) is 1. The van der Waals surface area contributed by atoms with Crippen LogP contribution in [0.4, 0.5) is 0 Å². The summed E-state index contributed by atoms with van der Waals surface area (Å²) in [6.07, 6.45) is 0. The molecule has 0 radical (unpaired) electrons. The molecule has 0 aliphatic rings. The number of hydrogen-bond acceptors (Lipinski definition) is 2. The van der Waals surface area contributed by atoms with Crippen molar-refractivity contribution in [2.75, 3.05) is 0 Å². The third-order valence-electron chi connectivity index (χ3n) is 2.52. The molecule has 0 spiro atoms. The van der Waals surface area contributed by atoms with Crippen LogP contribution in [0.1, 0.15) is 30.2 Å². The van der Waals surface area contributed by atoms with Crippen molar-refractivity contribution in [3.63, 3.8) is 0 Å². The second-order valence-corrected chi connectivity index (χ2v) is 3.99. The van der Waals surface area contributed by atoms with Crippen molar-refractivity contribution in [2.24, 2.45) is 5.73 Å². The van der Waals surface area contributed by atoms with Crippen LogP contribution in [0.5, 0.6) is 0 Å². The minimum atomic E-state index is -0.495. The van der Waals surface area contributed by atoms with E-state index in [0.717, 1.165) is 0 Å². The normalized spacial score (nSPS) is 11.2. The average molecular weight is 219 g/mol. The van der Waals surface area contributed by atoms with Gasteiger partial charge in [0.15, 0.2) is 0 Å². The van der Waals surface area contributed by atoms with E-state index in [1.807, 2.05) is 13.8 Å². The molecular weight excluding hydrogens is 206 g/mol. The highest BCUT2D eigenvalue weighted by Gasteiger charge is 2.11. The minimum Gasteiger partial charge on any atom is -0.366 e. The summed E-state index contributed by atoms with van der Waals surface area (Å²) in [5.41, 5.74) is 6.85. The quantitative estimate of drug-likeness (QED) is 0.790. The number of nitrogens with one attached hydrogen (secondary N) is 1. The molecule has 3 N–H and O–H groups in total. The van der Waals surface area contributed by atoms with Gasteiger partial charge < -0.3 is 10.7 Å². The number of H-pyrrole nitrogens is 1. The zero-order chi connectivity index (χ0) is 11.9. The number of carbonyl (C=O) groups excluding carboxylic acids is 1. The number of imidazole rings is 1. The summed E-state index contributed by atoms with van der Waals surface area (Å²) in [6, 6.07) is 4.96. The standard InChI is InChI=1S/C11H13N3O2/c1-6(2)14-9-5-7(10(12)15)3-4-8(9)13-11(14)16/h3-6H,1-2H3,(H2,12,15)(H,13,16). The Labute approximate surface area is 91.9 Å². The molecule has 2 aromatic rings. The molecule has 0 unspecified atom stereocenters. The van der Waals surface area contributed by atoms with Gasteiger partial charge in [0.1, 0.15) is 0 Å². The number of nitrogens with zero attached hydrogens (tertiary/aromatic N) is 1. The van der Waals surface area contributed by atoms with Crippen LogP contribution in [0, 0.1) is 0 Å². The van der Waals surface area contributed by atoms with Crippen LogP contribution in [0.15, 0.2) is 23.0 Å². The third kappa shape index (κ3) is 1.50. The lowest BCUT2D eigenvalue weighted by molar-refractivity contribution is 0.100. The van der Waals surface area contributed by atoms with Gasteiger partial charge in [0, 0.05) is 11.6 Å². The molecular formula is C11H13N3O2. The number of hydrogen-bond donors (Lipinski definition) is 2. The topological polar surface area (TPSA) is 80.9 Å². The number of amides is 1. The number of aromatic amines is 1. The van der Waals surface area contributed by atoms with Gasteiger partial charge in [-0.05, 0) is 32.0 Å². The van der Waals surface area contributed by atoms with Gasteiger partial charge in [-0.3, -0.25) is 9.36 Å². The fraction of sp³-hybridized carbons (Fsp3) is 0.273. The van der Waals surface area contributed by atoms with Crippen LogP contribution >= 0.6 is 0 Å². The molecule has 0 aliphatic heterocycles. The van der Waals surface area contributed by atoms with Crippen molar-refractivity contribution in [1.29, 1.82) is 0 Å². The van der Waals surface area contributed by atoms with Crippen molar-refractivity contribution in [3.8, 4) is 0 Å². The van der Waals surface area contributed by atoms with Crippen molar-refractivity contribution < 1.29 is 4.79 Å². The van der Waals surface area contributed by atoms with Gasteiger partial charge in [0.05, 0.1) is 11.0 Å². The second kappa shape index (κ2) is 3.52. The molecule has 84 valence electrons. The monoisotopic (exact) mass is 219 g/mol. The molecule has 1 amide bonds. The molecule has 0 bridgehead atoms. The summed E-state index contributed by atoms with van der Waals surface area (Å²) in [6.45, 7) is 3.82. The Hall–Kier alpha value is -2.04. The van der Waals surface area contributed by atoms with Crippen LogP contribution in [0.25, 0.3) is 11.0 Å². The summed E-state index contributed by atoms with van der Waals surface area (Å²) in [5, 5.41) is 0. The largest absolute Gasteiger partial charge is 0.366 e. The van der Waals surface area contributed by atoms with Crippen LogP contribution in [-0.4, -0.2) is 15.5 Å². The molecule has 5 heteroatoms. The summed E-state index contributed by atoms with van der Waals surface area (Å²) in [7, 11) is 0. The first kappa shape index (κ1) is 10.5. The van der Waals surface area contributed by atoms with E-state index >= 15 is 0 Å². The summed E-state index contributed by atoms with van der Waals surface area (Å²) >= 11 is 0. The number of fused-ring (bicyclic) bond motifs is 1. The molecule has 0 atom stereocenters. The Morgan fingerprint density at radius 2 is 2.12 bits per heavy atom. The summed E-state index contributed by atoms with van der Waals surface area (Å²) < 4.78 is 1.60. The van der Waals surface area contributed by atoms with Gasteiger partial charge in [-0.15, -0.1) is 0 Å². The highest BCUT2D eigenvalue weighted by atomic mass is 16.1. The SMILES string of the molecule is CC(C)n1c(=O)[nH]c2ccc(C(N)=O)cc21. The second-order valence-electron chi connectivity index (χ2n) is 3.99. The molecule has 2 rings (SSSR count). The van der Waals surface area contributed by atoms with Gasteiger partial charge in [-0.25, -0.2) is 4.79 Å². The van der Waals surface area contributed by atoms with Crippen LogP contribution in [0.3, 0.4) is 0 Å². The van der Waals surface area contributed by atoms with E-state index in [-0.39, 0.29) is 11.7 Å². The van der Waals surface area contributed by atoms with Crippen LogP contribution < -0.4 is 11.4 Å². The van der Waals surface area contributed by atoms with E-state index in [2.05, 4.69) is 4.98 Å². The fourth-order valence-corrected chi connectivity index (χ4v) is 1.79. The van der Waals surface area contributed by atoms with E-state index < -0.39 is 5.91 Å². The highest BCUT2D eigenvalue weighted by molar-refractivity contribution is 5.96. The maximum absolute atomic E-state index is 11.7. The predicted molar refractivity (Wildman–Crippen MR) is 61.5 cm³/mol. The Balaban J connectivity index is 2.79. The molecule has 0 fully saturated rings. The van der Waals surface area contributed by atoms with Crippen molar-refractivity contribution in [2.45, 2.75) is 19.9 Å². The van der Waals surface area contributed by atoms with Gasteiger partial charge in [0.2, 0.25) is 5.91 Å². The van der Waals surface area contributed by atoms with Crippen LogP contribution in [0.2, 0.25) is 0 Å². The molecule has 1 aromatic carbocycles. The molecule has 0 saturated heterocycles. The zero-order valence-electron chi connectivity index (χ0n) is 9.15. The van der Waals surface area contributed by atoms with E-state index in [0.29, 0.717) is 16.6 Å². The fourth-order valence-electron chi connectivity index (χ4n) is 1.79. The van der Waals surface area contributed by atoms with Crippen molar-refractivity contribution in [3.05, 3.63) is 34.2 Å². The smallest absolute Gasteiger partial charge is 0.326 e. The number of aromatic nitrogens is 2. The number of primary amides is 1. The number of carbonyl (C=O) groups is 1. The molecule has 1 heterocycles. The molecule has 0 saturated carbocycles. The zero-order valence-corrected chi connectivity index (χ0v) is 9.15. The molecule has 1 aromatic heterocycles. The number of rotatable bonds is 2. The van der Waals surface area contributed by atoms with Crippen molar-refractivity contribution >= 4 is 16.9 Å². The maximum atomic E-state index is 11.7. The summed E-state index contributed by atoms with van der Waals surface area (Å²) in [4.78, 5) is 25.4.